The molecule has 0 aromatic carbocycles. The molecule has 1 amide bonds. The molecule has 114 valence electrons. The minimum atomic E-state index is -1.11. The number of carboxylic acid groups (broad SMARTS) is 1. The fourth-order valence-corrected chi connectivity index (χ4v) is 1.70. The molecule has 0 aliphatic rings. The number of aliphatic hydroxyl groups excluding tert-OH is 1. The van der Waals surface area contributed by atoms with Gasteiger partial charge in [0.1, 0.15) is 0 Å². The van der Waals surface area contributed by atoms with Crippen LogP contribution in [0, 0.1) is 0 Å². The number of hydrogen-bond donors (Lipinski definition) is 2. The second-order valence-corrected chi connectivity index (χ2v) is 4.14. The number of pyridine rings is 1. The molecular formula is C14H18N2O5. The number of carbonyl (C=O) groups excluding carboxylic acids is 1. The quantitative estimate of drug-likeness (QED) is 0.667. The van der Waals surface area contributed by atoms with E-state index < -0.39 is 5.97 Å². The molecule has 0 bridgehead atoms. The lowest BCUT2D eigenvalue weighted by Gasteiger charge is -2.22. The Morgan fingerprint density at radius 1 is 1.43 bits per heavy atom. The van der Waals surface area contributed by atoms with E-state index >= 15 is 0 Å². The van der Waals surface area contributed by atoms with Crippen LogP contribution in [-0.4, -0.2) is 65.4 Å². The molecular weight excluding hydrogens is 276 g/mol. The van der Waals surface area contributed by atoms with Crippen molar-refractivity contribution in [2.75, 3.05) is 33.4 Å². The Morgan fingerprint density at radius 2 is 2.19 bits per heavy atom. The second-order valence-electron chi connectivity index (χ2n) is 4.14. The van der Waals surface area contributed by atoms with Crippen LogP contribution in [0.4, 0.5) is 0 Å². The number of nitrogens with zero attached hydrogens (tertiary/aromatic N) is 2. The van der Waals surface area contributed by atoms with Crippen molar-refractivity contribution in [3.05, 3.63) is 35.7 Å². The topological polar surface area (TPSA) is 100.0 Å². The smallest absolute Gasteiger partial charge is 0.328 e. The van der Waals surface area contributed by atoms with E-state index in [4.69, 9.17) is 14.9 Å². The first kappa shape index (κ1) is 16.8. The average molecular weight is 294 g/mol. The predicted molar refractivity (Wildman–Crippen MR) is 75.8 cm³/mol. The van der Waals surface area contributed by atoms with E-state index in [1.54, 1.807) is 0 Å². The van der Waals surface area contributed by atoms with Crippen LogP contribution in [0.2, 0.25) is 0 Å². The molecule has 0 spiro atoms. The lowest BCUT2D eigenvalue weighted by molar-refractivity contribution is -0.131. The van der Waals surface area contributed by atoms with Gasteiger partial charge in [0, 0.05) is 49.8 Å². The lowest BCUT2D eigenvalue weighted by Crippen LogP contribution is -2.36. The van der Waals surface area contributed by atoms with Gasteiger partial charge in [-0.25, -0.2) is 4.79 Å². The minimum absolute atomic E-state index is 0.166. The third-order valence-corrected chi connectivity index (χ3v) is 2.71. The summed E-state index contributed by atoms with van der Waals surface area (Å²) in [7, 11) is 1.52. The number of hydrogen-bond acceptors (Lipinski definition) is 5. The summed E-state index contributed by atoms with van der Waals surface area (Å²) >= 11 is 0. The first-order valence-electron chi connectivity index (χ1n) is 6.34. The standard InChI is InChI=1S/C14H18N2O5/c1-21-9-7-16(6-8-17)14(20)12-4-5-15-10-11(12)2-3-13(18)19/h2-5,10,17H,6-9H2,1H3,(H,18,19)/b3-2+. The molecule has 0 aliphatic carbocycles. The summed E-state index contributed by atoms with van der Waals surface area (Å²) in [6.45, 7) is 0.685. The number of methoxy groups -OCH3 is 1. The first-order chi connectivity index (χ1) is 10.1. The Kier molecular flexibility index (Phi) is 7.06. The molecule has 1 heterocycles. The van der Waals surface area contributed by atoms with Gasteiger partial charge in [0.2, 0.25) is 0 Å². The van der Waals surface area contributed by atoms with Gasteiger partial charge in [0.15, 0.2) is 0 Å². The molecule has 7 heteroatoms. The summed E-state index contributed by atoms with van der Waals surface area (Å²) in [5, 5.41) is 17.7. The molecule has 0 radical (unpaired) electrons. The van der Waals surface area contributed by atoms with Crippen LogP contribution in [0.5, 0.6) is 0 Å². The third-order valence-electron chi connectivity index (χ3n) is 2.71. The largest absolute Gasteiger partial charge is 0.478 e. The van der Waals surface area contributed by atoms with Crippen LogP contribution in [0.15, 0.2) is 24.5 Å². The molecule has 7 nitrogen and oxygen atoms in total. The van der Waals surface area contributed by atoms with Gasteiger partial charge in [0.05, 0.1) is 13.2 Å². The maximum atomic E-state index is 12.5. The van der Waals surface area contributed by atoms with Gasteiger partial charge in [-0.3, -0.25) is 9.78 Å². The fraction of sp³-hybridized carbons (Fsp3) is 0.357. The molecule has 1 aromatic rings. The molecule has 21 heavy (non-hydrogen) atoms. The van der Waals surface area contributed by atoms with E-state index in [2.05, 4.69) is 4.98 Å². The van der Waals surface area contributed by atoms with Crippen molar-refractivity contribution in [2.24, 2.45) is 0 Å². The minimum Gasteiger partial charge on any atom is -0.478 e. The molecule has 1 rings (SSSR count). The van der Waals surface area contributed by atoms with Gasteiger partial charge in [-0.2, -0.15) is 0 Å². The van der Waals surface area contributed by atoms with Crippen LogP contribution in [0.1, 0.15) is 15.9 Å². The van der Waals surface area contributed by atoms with Crippen molar-refractivity contribution in [2.45, 2.75) is 0 Å². The highest BCUT2D eigenvalue weighted by Crippen LogP contribution is 2.12. The summed E-state index contributed by atoms with van der Waals surface area (Å²) in [6.07, 6.45) is 5.13. The Labute approximate surface area is 122 Å². The molecule has 2 N–H and O–H groups in total. The van der Waals surface area contributed by atoms with Crippen molar-refractivity contribution in [1.29, 1.82) is 0 Å². The zero-order chi connectivity index (χ0) is 15.7. The van der Waals surface area contributed by atoms with Gasteiger partial charge in [-0.05, 0) is 12.1 Å². The molecule has 0 fully saturated rings. The second kappa shape index (κ2) is 8.83. The van der Waals surface area contributed by atoms with E-state index in [9.17, 15) is 9.59 Å². The maximum absolute atomic E-state index is 12.5. The number of aromatic nitrogens is 1. The van der Waals surface area contributed by atoms with E-state index in [0.717, 1.165) is 6.08 Å². The van der Waals surface area contributed by atoms with Crippen LogP contribution in [0.25, 0.3) is 6.08 Å². The lowest BCUT2D eigenvalue weighted by atomic mass is 10.1. The molecule has 0 unspecified atom stereocenters. The maximum Gasteiger partial charge on any atom is 0.328 e. The normalized spacial score (nSPS) is 10.8. The molecule has 1 aromatic heterocycles. The SMILES string of the molecule is COCCN(CCO)C(=O)c1ccncc1/C=C/C(=O)O. The summed E-state index contributed by atoms with van der Waals surface area (Å²) < 4.78 is 4.93. The van der Waals surface area contributed by atoms with Crippen molar-refractivity contribution >= 4 is 18.0 Å². The number of ether oxygens (including phenoxy) is 1. The van der Waals surface area contributed by atoms with Gasteiger partial charge >= 0.3 is 5.97 Å². The molecule has 0 atom stereocenters. The molecule has 0 aliphatic heterocycles. The summed E-state index contributed by atoms with van der Waals surface area (Å²) in [5.41, 5.74) is 0.734. The van der Waals surface area contributed by atoms with Crippen molar-refractivity contribution < 1.29 is 24.5 Å². The summed E-state index contributed by atoms with van der Waals surface area (Å²) in [6, 6.07) is 1.51. The third kappa shape index (κ3) is 5.33. The number of amides is 1. The highest BCUT2D eigenvalue weighted by atomic mass is 16.5. The Balaban J connectivity index is 3.00. The van der Waals surface area contributed by atoms with E-state index in [1.807, 2.05) is 0 Å². The molecule has 0 saturated carbocycles. The monoisotopic (exact) mass is 294 g/mol. The van der Waals surface area contributed by atoms with Crippen LogP contribution < -0.4 is 0 Å². The first-order valence-corrected chi connectivity index (χ1v) is 6.34. The van der Waals surface area contributed by atoms with E-state index in [1.165, 1.54) is 36.5 Å². The summed E-state index contributed by atoms with van der Waals surface area (Å²) in [5.74, 6) is -1.42. The van der Waals surface area contributed by atoms with Gasteiger partial charge in [-0.15, -0.1) is 0 Å². The van der Waals surface area contributed by atoms with Gasteiger partial charge in [-0.1, -0.05) is 0 Å². The van der Waals surface area contributed by atoms with E-state index in [0.29, 0.717) is 24.3 Å². The Morgan fingerprint density at radius 3 is 2.81 bits per heavy atom. The van der Waals surface area contributed by atoms with Gasteiger partial charge in [0.25, 0.3) is 5.91 Å². The van der Waals surface area contributed by atoms with Crippen LogP contribution >= 0.6 is 0 Å². The number of carbonyl (C=O) groups is 2. The molecule has 0 saturated heterocycles. The highest BCUT2D eigenvalue weighted by molar-refractivity contribution is 5.98. The predicted octanol–water partition coefficient (Wildman–Crippen LogP) is 0.260. The van der Waals surface area contributed by atoms with Crippen LogP contribution in [-0.2, 0) is 9.53 Å². The zero-order valence-corrected chi connectivity index (χ0v) is 11.7. The Hall–Kier alpha value is -2.25. The van der Waals surface area contributed by atoms with Gasteiger partial charge < -0.3 is 19.8 Å². The highest BCUT2D eigenvalue weighted by Gasteiger charge is 2.17. The fourth-order valence-electron chi connectivity index (χ4n) is 1.70. The number of rotatable bonds is 8. The number of aliphatic hydroxyl groups is 1. The average Bonchev–Trinajstić information content (AvgIpc) is 2.49. The van der Waals surface area contributed by atoms with Crippen molar-refractivity contribution in [1.82, 2.24) is 9.88 Å². The number of carboxylic acids is 1. The van der Waals surface area contributed by atoms with E-state index in [-0.39, 0.29) is 19.1 Å². The van der Waals surface area contributed by atoms with Crippen LogP contribution in [0.3, 0.4) is 0 Å². The van der Waals surface area contributed by atoms with Crippen molar-refractivity contribution in [3.63, 3.8) is 0 Å². The summed E-state index contributed by atoms with van der Waals surface area (Å²) in [4.78, 5) is 28.4. The Bertz CT molecular complexity index is 516. The van der Waals surface area contributed by atoms with Crippen molar-refractivity contribution in [3.8, 4) is 0 Å². The zero-order valence-electron chi connectivity index (χ0n) is 11.7. The number of aliphatic carboxylic acids is 1.